The molecule has 0 spiro atoms. The third-order valence-corrected chi connectivity index (χ3v) is 10.6. The minimum Gasteiger partial charge on any atom is -0.0989 e. The fourth-order valence-electron chi connectivity index (χ4n) is 8.50. The highest BCUT2D eigenvalue weighted by Crippen LogP contribution is 2.72. The van der Waals surface area contributed by atoms with E-state index in [-0.39, 0.29) is 0 Å². The topological polar surface area (TPSA) is 0 Å². The van der Waals surface area contributed by atoms with Crippen molar-refractivity contribution in [2.24, 2.45) is 35.0 Å². The molecule has 0 bridgehead atoms. The standard InChI is InChI=1S/C36H44/c1-21-15-23(3)30(20-27-12-9-8-11-22(27)2)33(16-21)29-14-10-13-28-17-26(19-32(28)29)18-31-24(4)34-35(25(31)5)36(34,6)7/h10,13-17,22,27,31,34-35H,4-5,8-9,11-12,18-20H2,1-3,6-7H3/t22-,27?,31?,34?,35?/m0/s1. The molecule has 3 saturated carbocycles. The van der Waals surface area contributed by atoms with Gasteiger partial charge in [0.25, 0.3) is 0 Å². The number of benzene rings is 2. The van der Waals surface area contributed by atoms with Gasteiger partial charge in [0, 0.05) is 5.92 Å². The molecule has 0 N–H and O–H groups in total. The molecule has 0 amide bonds. The Bertz CT molecular complexity index is 1260. The summed E-state index contributed by atoms with van der Waals surface area (Å²) >= 11 is 0. The van der Waals surface area contributed by atoms with Crippen LogP contribution in [0.4, 0.5) is 0 Å². The van der Waals surface area contributed by atoms with E-state index in [1.807, 2.05) is 0 Å². The average Bonchev–Trinajstić information content (AvgIpc) is 3.08. The number of hydrogen-bond acceptors (Lipinski definition) is 0. The molecule has 36 heavy (non-hydrogen) atoms. The van der Waals surface area contributed by atoms with Gasteiger partial charge in [-0.2, -0.15) is 0 Å². The van der Waals surface area contributed by atoms with Crippen LogP contribution in [0.5, 0.6) is 0 Å². The van der Waals surface area contributed by atoms with Crippen molar-refractivity contribution in [1.82, 2.24) is 0 Å². The van der Waals surface area contributed by atoms with Crippen LogP contribution in [-0.4, -0.2) is 0 Å². The van der Waals surface area contributed by atoms with Crippen LogP contribution in [0.3, 0.4) is 0 Å². The van der Waals surface area contributed by atoms with E-state index in [9.17, 15) is 0 Å². The fraction of sp³-hybridized carbons (Fsp3) is 0.500. The zero-order valence-electron chi connectivity index (χ0n) is 23.2. The maximum Gasteiger partial charge on any atom is 0.00454 e. The summed E-state index contributed by atoms with van der Waals surface area (Å²) < 4.78 is 0. The van der Waals surface area contributed by atoms with Gasteiger partial charge in [0.15, 0.2) is 0 Å². The molecular weight excluding hydrogens is 432 g/mol. The van der Waals surface area contributed by atoms with Crippen molar-refractivity contribution >= 4 is 6.08 Å². The Balaban J connectivity index is 1.29. The number of hydrogen-bond donors (Lipinski definition) is 0. The van der Waals surface area contributed by atoms with Crippen molar-refractivity contribution < 1.29 is 0 Å². The first-order chi connectivity index (χ1) is 17.2. The molecule has 0 nitrogen and oxygen atoms in total. The maximum absolute atomic E-state index is 4.57. The summed E-state index contributed by atoms with van der Waals surface area (Å²) in [5, 5.41) is 0. The smallest absolute Gasteiger partial charge is 0.00454 e. The second kappa shape index (κ2) is 8.61. The van der Waals surface area contributed by atoms with Crippen molar-refractivity contribution in [2.45, 2.75) is 79.6 Å². The summed E-state index contributed by atoms with van der Waals surface area (Å²) in [6.45, 7) is 21.0. The number of rotatable bonds is 5. The molecule has 0 heterocycles. The van der Waals surface area contributed by atoms with Gasteiger partial charge >= 0.3 is 0 Å². The van der Waals surface area contributed by atoms with Crippen LogP contribution in [0.15, 0.2) is 60.2 Å². The summed E-state index contributed by atoms with van der Waals surface area (Å²) in [5.41, 5.74) is 15.2. The first kappa shape index (κ1) is 24.0. The molecule has 0 aromatic heterocycles. The minimum absolute atomic E-state index is 0.389. The van der Waals surface area contributed by atoms with Gasteiger partial charge in [-0.3, -0.25) is 0 Å². The molecule has 0 heteroatoms. The molecule has 0 aliphatic heterocycles. The van der Waals surface area contributed by atoms with Crippen LogP contribution in [0.1, 0.15) is 80.7 Å². The SMILES string of the molecule is C=C1C(CC2=Cc3cccc(-c4cc(C)cc(C)c4CC4CCCC[C@@H]4C)c3C2)C(=C)C2C1C2(C)C. The number of fused-ring (bicyclic) bond motifs is 2. The van der Waals surface area contributed by atoms with Crippen molar-refractivity contribution in [2.75, 3.05) is 0 Å². The van der Waals surface area contributed by atoms with Gasteiger partial charge in [-0.25, -0.2) is 0 Å². The van der Waals surface area contributed by atoms with Crippen molar-refractivity contribution in [1.29, 1.82) is 0 Å². The Morgan fingerprint density at radius 1 is 0.917 bits per heavy atom. The molecule has 6 rings (SSSR count). The van der Waals surface area contributed by atoms with E-state index in [2.05, 4.69) is 84.2 Å². The van der Waals surface area contributed by atoms with Gasteiger partial charge in [-0.05, 0) is 102 Å². The highest BCUT2D eigenvalue weighted by Gasteiger charge is 2.65. The van der Waals surface area contributed by atoms with E-state index in [1.165, 1.54) is 76.6 Å². The van der Waals surface area contributed by atoms with E-state index in [1.54, 1.807) is 11.1 Å². The summed E-state index contributed by atoms with van der Waals surface area (Å²) in [4.78, 5) is 0. The lowest BCUT2D eigenvalue weighted by Gasteiger charge is -2.30. The van der Waals surface area contributed by atoms with Gasteiger partial charge < -0.3 is 0 Å². The lowest BCUT2D eigenvalue weighted by atomic mass is 9.75. The molecule has 0 saturated heterocycles. The van der Waals surface area contributed by atoms with Crippen molar-refractivity contribution in [3.63, 3.8) is 0 Å². The van der Waals surface area contributed by atoms with Crippen molar-refractivity contribution in [3.05, 3.63) is 88.0 Å². The Kier molecular flexibility index (Phi) is 5.75. The molecule has 3 fully saturated rings. The number of allylic oxidation sites excluding steroid dienone is 3. The third-order valence-electron chi connectivity index (χ3n) is 10.6. The summed E-state index contributed by atoms with van der Waals surface area (Å²) in [5.74, 6) is 3.46. The Labute approximate surface area is 219 Å². The lowest BCUT2D eigenvalue weighted by Crippen LogP contribution is -2.19. The van der Waals surface area contributed by atoms with E-state index >= 15 is 0 Å². The van der Waals surface area contributed by atoms with Gasteiger partial charge in [0.05, 0.1) is 0 Å². The van der Waals surface area contributed by atoms with Crippen LogP contribution in [0, 0.1) is 48.9 Å². The monoisotopic (exact) mass is 476 g/mol. The average molecular weight is 477 g/mol. The summed E-state index contributed by atoms with van der Waals surface area (Å²) in [7, 11) is 0. The van der Waals surface area contributed by atoms with Gasteiger partial charge in [-0.15, -0.1) is 0 Å². The molecule has 4 aliphatic rings. The predicted octanol–water partition coefficient (Wildman–Crippen LogP) is 9.68. The van der Waals surface area contributed by atoms with E-state index in [4.69, 9.17) is 0 Å². The second-order valence-corrected chi connectivity index (χ2v) is 13.4. The molecular formula is C36H44. The summed E-state index contributed by atoms with van der Waals surface area (Å²) in [6.07, 6.45) is 11.5. The van der Waals surface area contributed by atoms with Gasteiger partial charge in [0.2, 0.25) is 0 Å². The second-order valence-electron chi connectivity index (χ2n) is 13.4. The molecule has 4 atom stereocenters. The van der Waals surface area contributed by atoms with Crippen molar-refractivity contribution in [3.8, 4) is 11.1 Å². The molecule has 4 aliphatic carbocycles. The maximum atomic E-state index is 4.57. The number of aryl methyl sites for hydroxylation is 2. The highest BCUT2D eigenvalue weighted by atomic mass is 14.7. The predicted molar refractivity (Wildman–Crippen MR) is 155 cm³/mol. The van der Waals surface area contributed by atoms with E-state index in [0.717, 1.165) is 24.7 Å². The van der Waals surface area contributed by atoms with Crippen LogP contribution in [0.25, 0.3) is 17.2 Å². The zero-order chi connectivity index (χ0) is 25.4. The Hall–Kier alpha value is -2.34. The third kappa shape index (κ3) is 3.79. The van der Waals surface area contributed by atoms with Gasteiger partial charge in [0.1, 0.15) is 0 Å². The Morgan fingerprint density at radius 3 is 2.36 bits per heavy atom. The molecule has 188 valence electrons. The van der Waals surface area contributed by atoms with Crippen LogP contribution in [0.2, 0.25) is 0 Å². The van der Waals surface area contributed by atoms with Crippen LogP contribution in [-0.2, 0) is 12.8 Å². The normalized spacial score (nSPS) is 30.2. The molecule has 0 radical (unpaired) electrons. The van der Waals surface area contributed by atoms with Crippen LogP contribution >= 0.6 is 0 Å². The molecule has 2 aromatic carbocycles. The molecule has 2 aromatic rings. The Morgan fingerprint density at radius 2 is 1.64 bits per heavy atom. The zero-order valence-corrected chi connectivity index (χ0v) is 23.2. The minimum atomic E-state index is 0.389. The first-order valence-corrected chi connectivity index (χ1v) is 14.5. The van der Waals surface area contributed by atoms with E-state index < -0.39 is 0 Å². The van der Waals surface area contributed by atoms with E-state index in [0.29, 0.717) is 23.2 Å². The quantitative estimate of drug-likeness (QED) is 0.377. The molecule has 3 unspecified atom stereocenters. The van der Waals surface area contributed by atoms with Crippen LogP contribution < -0.4 is 0 Å². The van der Waals surface area contributed by atoms with Gasteiger partial charge in [-0.1, -0.05) is 112 Å². The highest BCUT2D eigenvalue weighted by molar-refractivity contribution is 5.80. The largest absolute Gasteiger partial charge is 0.0989 e. The fourth-order valence-corrected chi connectivity index (χ4v) is 8.50. The lowest BCUT2D eigenvalue weighted by molar-refractivity contribution is 0.254. The first-order valence-electron chi connectivity index (χ1n) is 14.5. The summed E-state index contributed by atoms with van der Waals surface area (Å²) in [6, 6.07) is 11.9.